The van der Waals surface area contributed by atoms with Crippen LogP contribution in [0.25, 0.3) is 0 Å². The van der Waals surface area contributed by atoms with Crippen LogP contribution in [0.4, 0.5) is 0 Å². The molecule has 0 saturated carbocycles. The third-order valence-electron chi connectivity index (χ3n) is 3.29. The van der Waals surface area contributed by atoms with E-state index in [1.807, 2.05) is 13.8 Å². The molecule has 1 aromatic heterocycles. The maximum absolute atomic E-state index is 12.3. The molecule has 0 aliphatic carbocycles. The van der Waals surface area contributed by atoms with Gasteiger partial charge < -0.3 is 10.0 Å². The van der Waals surface area contributed by atoms with Gasteiger partial charge >= 0.3 is 5.97 Å². The van der Waals surface area contributed by atoms with E-state index in [0.29, 0.717) is 31.1 Å². The minimum atomic E-state index is -0.821. The average Bonchev–Trinajstić information content (AvgIpc) is 2.87. The lowest BCUT2D eigenvalue weighted by molar-refractivity contribution is -0.143. The van der Waals surface area contributed by atoms with Crippen LogP contribution in [0.1, 0.15) is 48.1 Å². The molecule has 1 saturated heterocycles. The van der Waals surface area contributed by atoms with Crippen molar-refractivity contribution in [3.05, 3.63) is 16.1 Å². The molecule has 1 aromatic rings. The lowest BCUT2D eigenvalue weighted by Gasteiger charge is -2.30. The first-order valence-corrected chi connectivity index (χ1v) is 7.34. The Morgan fingerprint density at radius 3 is 2.84 bits per heavy atom. The molecule has 0 unspecified atom stereocenters. The van der Waals surface area contributed by atoms with E-state index in [0.717, 1.165) is 11.4 Å². The zero-order chi connectivity index (χ0) is 14.0. The smallest absolute Gasteiger partial charge is 0.308 e. The molecule has 1 N–H and O–H groups in total. The molecule has 6 heteroatoms. The van der Waals surface area contributed by atoms with Gasteiger partial charge in [-0.3, -0.25) is 9.59 Å². The van der Waals surface area contributed by atoms with Crippen molar-refractivity contribution in [3.63, 3.8) is 0 Å². The molecule has 1 atom stereocenters. The number of rotatable bonds is 3. The van der Waals surface area contributed by atoms with Crippen molar-refractivity contribution >= 4 is 23.2 Å². The number of carbonyl (C=O) groups excluding carboxylic acids is 1. The van der Waals surface area contributed by atoms with E-state index < -0.39 is 11.9 Å². The minimum absolute atomic E-state index is 0.144. The van der Waals surface area contributed by atoms with E-state index in [1.54, 1.807) is 10.3 Å². The quantitative estimate of drug-likeness (QED) is 0.922. The van der Waals surface area contributed by atoms with Gasteiger partial charge in [0, 0.05) is 24.4 Å². The minimum Gasteiger partial charge on any atom is -0.481 e. The first-order chi connectivity index (χ1) is 8.99. The Morgan fingerprint density at radius 2 is 2.26 bits per heavy atom. The van der Waals surface area contributed by atoms with Crippen molar-refractivity contribution in [1.82, 2.24) is 9.88 Å². The normalized spacial score (nSPS) is 19.7. The first-order valence-electron chi connectivity index (χ1n) is 6.46. The van der Waals surface area contributed by atoms with Crippen LogP contribution in [0.2, 0.25) is 0 Å². The molecule has 1 aliphatic rings. The fraction of sp³-hybridized carbons (Fsp3) is 0.615. The molecule has 1 aliphatic heterocycles. The fourth-order valence-electron chi connectivity index (χ4n) is 2.18. The van der Waals surface area contributed by atoms with Crippen LogP contribution in [-0.4, -0.2) is 40.0 Å². The molecule has 1 fully saturated rings. The summed E-state index contributed by atoms with van der Waals surface area (Å²) in [6.45, 7) is 4.99. The van der Waals surface area contributed by atoms with Crippen LogP contribution in [0, 0.1) is 5.92 Å². The summed E-state index contributed by atoms with van der Waals surface area (Å²) in [5.74, 6) is -1.10. The lowest BCUT2D eigenvalue weighted by Crippen LogP contribution is -2.42. The maximum atomic E-state index is 12.3. The monoisotopic (exact) mass is 282 g/mol. The summed E-state index contributed by atoms with van der Waals surface area (Å²) >= 11 is 1.48. The topological polar surface area (TPSA) is 70.5 Å². The molecule has 2 heterocycles. The largest absolute Gasteiger partial charge is 0.481 e. The molecular weight excluding hydrogens is 264 g/mol. The highest BCUT2D eigenvalue weighted by molar-refractivity contribution is 7.09. The van der Waals surface area contributed by atoms with E-state index >= 15 is 0 Å². The van der Waals surface area contributed by atoms with Gasteiger partial charge in [-0.25, -0.2) is 4.98 Å². The van der Waals surface area contributed by atoms with Gasteiger partial charge in [0.15, 0.2) is 0 Å². The van der Waals surface area contributed by atoms with E-state index in [9.17, 15) is 9.59 Å². The predicted molar refractivity (Wildman–Crippen MR) is 72.5 cm³/mol. The fourth-order valence-corrected chi connectivity index (χ4v) is 2.99. The van der Waals surface area contributed by atoms with Crippen molar-refractivity contribution in [2.24, 2.45) is 5.92 Å². The summed E-state index contributed by atoms with van der Waals surface area (Å²) in [5.41, 5.74) is 0.444. The molecule has 5 nitrogen and oxygen atoms in total. The van der Waals surface area contributed by atoms with E-state index in [-0.39, 0.29) is 5.91 Å². The Bertz CT molecular complexity index is 484. The van der Waals surface area contributed by atoms with Crippen molar-refractivity contribution in [1.29, 1.82) is 0 Å². The highest BCUT2D eigenvalue weighted by Gasteiger charge is 2.29. The number of carboxylic acid groups (broad SMARTS) is 1. The van der Waals surface area contributed by atoms with Gasteiger partial charge in [0.05, 0.1) is 10.9 Å². The number of hydrogen-bond donors (Lipinski definition) is 1. The van der Waals surface area contributed by atoms with Gasteiger partial charge in [0.25, 0.3) is 5.91 Å². The third-order valence-corrected chi connectivity index (χ3v) is 4.44. The van der Waals surface area contributed by atoms with Crippen molar-refractivity contribution in [2.45, 2.75) is 32.6 Å². The van der Waals surface area contributed by atoms with Crippen molar-refractivity contribution in [3.8, 4) is 0 Å². The van der Waals surface area contributed by atoms with Gasteiger partial charge in [0.2, 0.25) is 0 Å². The average molecular weight is 282 g/mol. The van der Waals surface area contributed by atoms with Gasteiger partial charge in [-0.1, -0.05) is 13.8 Å². The Kier molecular flexibility index (Phi) is 4.19. The van der Waals surface area contributed by atoms with E-state index in [4.69, 9.17) is 5.11 Å². The van der Waals surface area contributed by atoms with E-state index in [2.05, 4.69) is 4.98 Å². The van der Waals surface area contributed by atoms with Crippen LogP contribution >= 0.6 is 11.3 Å². The van der Waals surface area contributed by atoms with Crippen molar-refractivity contribution < 1.29 is 14.7 Å². The lowest BCUT2D eigenvalue weighted by atomic mass is 9.98. The van der Waals surface area contributed by atoms with E-state index in [1.165, 1.54) is 11.3 Å². The number of carboxylic acids is 1. The second kappa shape index (κ2) is 5.69. The van der Waals surface area contributed by atoms with Crippen LogP contribution < -0.4 is 0 Å². The summed E-state index contributed by atoms with van der Waals surface area (Å²) < 4.78 is 0. The van der Waals surface area contributed by atoms with Gasteiger partial charge in [0.1, 0.15) is 5.69 Å². The molecule has 104 valence electrons. The van der Waals surface area contributed by atoms with Gasteiger partial charge in [-0.05, 0) is 12.8 Å². The number of carbonyl (C=O) groups is 2. The van der Waals surface area contributed by atoms with Crippen LogP contribution in [-0.2, 0) is 4.79 Å². The summed E-state index contributed by atoms with van der Waals surface area (Å²) in [5, 5.41) is 11.7. The second-order valence-corrected chi connectivity index (χ2v) is 6.04. The first kappa shape index (κ1) is 14.0. The number of aromatic nitrogens is 1. The van der Waals surface area contributed by atoms with Crippen LogP contribution in [0.3, 0.4) is 0 Å². The highest BCUT2D eigenvalue weighted by atomic mass is 32.1. The Labute approximate surface area is 116 Å². The third kappa shape index (κ3) is 3.12. The summed E-state index contributed by atoms with van der Waals surface area (Å²) in [6, 6.07) is 0. The molecule has 0 bridgehead atoms. The zero-order valence-corrected chi connectivity index (χ0v) is 11.9. The summed E-state index contributed by atoms with van der Waals surface area (Å²) in [4.78, 5) is 29.2. The number of amides is 1. The molecule has 1 amide bonds. The van der Waals surface area contributed by atoms with Gasteiger partial charge in [-0.2, -0.15) is 0 Å². The summed E-state index contributed by atoms with van der Waals surface area (Å²) in [7, 11) is 0. The number of aliphatic carboxylic acids is 1. The molecule has 2 rings (SSSR count). The standard InChI is InChI=1S/C13H18N2O3S/c1-8(2)11-14-10(7-19-11)12(16)15-5-3-4-9(6-15)13(17)18/h7-9H,3-6H2,1-2H3,(H,17,18)/t9-/m0/s1. The molecule has 0 radical (unpaired) electrons. The maximum Gasteiger partial charge on any atom is 0.308 e. The molecule has 0 spiro atoms. The Morgan fingerprint density at radius 1 is 1.53 bits per heavy atom. The summed E-state index contributed by atoms with van der Waals surface area (Å²) in [6.07, 6.45) is 1.39. The Hall–Kier alpha value is -1.43. The number of nitrogens with zero attached hydrogens (tertiary/aromatic N) is 2. The SMILES string of the molecule is CC(C)c1nc(C(=O)N2CCC[C@H](C(=O)O)C2)cs1. The zero-order valence-electron chi connectivity index (χ0n) is 11.1. The van der Waals surface area contributed by atoms with Crippen LogP contribution in [0.15, 0.2) is 5.38 Å². The van der Waals surface area contributed by atoms with Crippen molar-refractivity contribution in [2.75, 3.05) is 13.1 Å². The Balaban J connectivity index is 2.08. The number of thiazole rings is 1. The number of piperidine rings is 1. The molecule has 0 aromatic carbocycles. The van der Waals surface area contributed by atoms with Crippen LogP contribution in [0.5, 0.6) is 0 Å². The predicted octanol–water partition coefficient (Wildman–Crippen LogP) is 2.20. The van der Waals surface area contributed by atoms with Gasteiger partial charge in [-0.15, -0.1) is 11.3 Å². The molecule has 19 heavy (non-hydrogen) atoms. The molecular formula is C13H18N2O3S. The highest BCUT2D eigenvalue weighted by Crippen LogP contribution is 2.22. The second-order valence-electron chi connectivity index (χ2n) is 5.15. The number of hydrogen-bond acceptors (Lipinski definition) is 4. The number of likely N-dealkylation sites (tertiary alicyclic amines) is 1.